The lowest BCUT2D eigenvalue weighted by Gasteiger charge is -2.11. The molecule has 0 aliphatic heterocycles. The first-order valence-corrected chi connectivity index (χ1v) is 9.96. The van der Waals surface area contributed by atoms with E-state index in [4.69, 9.17) is 4.74 Å². The van der Waals surface area contributed by atoms with Gasteiger partial charge in [-0.05, 0) is 18.9 Å². The topological polar surface area (TPSA) is 102 Å². The third kappa shape index (κ3) is 5.05. The number of aromatic nitrogens is 2. The van der Waals surface area contributed by atoms with Crippen molar-refractivity contribution in [2.75, 3.05) is 26.5 Å². The Hall–Kier alpha value is -1.91. The molecule has 142 valence electrons. The molecule has 0 spiro atoms. The van der Waals surface area contributed by atoms with E-state index in [0.29, 0.717) is 34.9 Å². The van der Waals surface area contributed by atoms with E-state index in [1.165, 1.54) is 18.4 Å². The summed E-state index contributed by atoms with van der Waals surface area (Å²) in [7, 11) is 3.04. The fourth-order valence-electron chi connectivity index (χ4n) is 2.25. The smallest absolute Gasteiger partial charge is 0.321 e. The van der Waals surface area contributed by atoms with E-state index in [0.717, 1.165) is 23.1 Å². The minimum atomic E-state index is -0.567. The average molecular weight is 399 g/mol. The third-order valence-corrected chi connectivity index (χ3v) is 5.71. The molecule has 0 atom stereocenters. The number of nitrogens with zero attached hydrogens (tertiary/aromatic N) is 2. The highest BCUT2D eigenvalue weighted by Gasteiger charge is 2.16. The van der Waals surface area contributed by atoms with Crippen molar-refractivity contribution in [1.82, 2.24) is 20.2 Å². The number of imide groups is 1. The van der Waals surface area contributed by atoms with Crippen molar-refractivity contribution in [1.29, 1.82) is 0 Å². The van der Waals surface area contributed by atoms with Crippen molar-refractivity contribution in [2.24, 2.45) is 0 Å². The molecular formula is C16H22N4O4S2. The number of ether oxygens (including phenoxy) is 1. The molecule has 3 amide bonds. The highest BCUT2D eigenvalue weighted by Crippen LogP contribution is 2.25. The Bertz CT molecular complexity index is 847. The molecule has 0 aliphatic rings. The van der Waals surface area contributed by atoms with Crippen LogP contribution in [0.2, 0.25) is 0 Å². The van der Waals surface area contributed by atoms with E-state index < -0.39 is 11.9 Å². The molecule has 0 saturated carbocycles. The van der Waals surface area contributed by atoms with E-state index in [1.807, 2.05) is 13.0 Å². The summed E-state index contributed by atoms with van der Waals surface area (Å²) in [5, 5.41) is 5.58. The van der Waals surface area contributed by atoms with Crippen molar-refractivity contribution in [3.8, 4) is 0 Å². The molecule has 0 unspecified atom stereocenters. The number of carbonyl (C=O) groups excluding carboxylic acids is 2. The summed E-state index contributed by atoms with van der Waals surface area (Å²) < 4.78 is 6.63. The third-order valence-electron chi connectivity index (χ3n) is 3.56. The van der Waals surface area contributed by atoms with E-state index >= 15 is 0 Å². The Labute approximate surface area is 159 Å². The normalized spacial score (nSPS) is 10.9. The largest absolute Gasteiger partial charge is 0.385 e. The van der Waals surface area contributed by atoms with Gasteiger partial charge in [0.15, 0.2) is 5.16 Å². The average Bonchev–Trinajstić information content (AvgIpc) is 3.05. The fourth-order valence-corrected chi connectivity index (χ4v) is 4.08. The van der Waals surface area contributed by atoms with Crippen LogP contribution in [-0.4, -0.2) is 48.0 Å². The van der Waals surface area contributed by atoms with Crippen LogP contribution in [0.3, 0.4) is 0 Å². The van der Waals surface area contributed by atoms with Crippen LogP contribution in [0.5, 0.6) is 0 Å². The Morgan fingerprint density at radius 2 is 2.19 bits per heavy atom. The van der Waals surface area contributed by atoms with Crippen LogP contribution < -0.4 is 16.2 Å². The van der Waals surface area contributed by atoms with Crippen molar-refractivity contribution in [3.63, 3.8) is 0 Å². The van der Waals surface area contributed by atoms with Gasteiger partial charge in [-0.3, -0.25) is 19.5 Å². The summed E-state index contributed by atoms with van der Waals surface area (Å²) >= 11 is 2.62. The van der Waals surface area contributed by atoms with E-state index in [-0.39, 0.29) is 11.3 Å². The minimum Gasteiger partial charge on any atom is -0.385 e. The maximum absolute atomic E-state index is 12.9. The summed E-state index contributed by atoms with van der Waals surface area (Å²) in [4.78, 5) is 42.2. The zero-order chi connectivity index (χ0) is 19.1. The van der Waals surface area contributed by atoms with Crippen molar-refractivity contribution in [2.45, 2.75) is 31.5 Å². The number of nitrogens with one attached hydrogen (secondary N) is 2. The van der Waals surface area contributed by atoms with Crippen LogP contribution >= 0.6 is 23.1 Å². The van der Waals surface area contributed by atoms with Crippen molar-refractivity contribution in [3.05, 3.63) is 21.3 Å². The van der Waals surface area contributed by atoms with Gasteiger partial charge < -0.3 is 10.1 Å². The summed E-state index contributed by atoms with van der Waals surface area (Å²) in [6.45, 7) is 3.00. The Morgan fingerprint density at radius 3 is 2.85 bits per heavy atom. The number of aryl methyl sites for hydroxylation is 1. The maximum Gasteiger partial charge on any atom is 0.321 e. The second-order valence-corrected chi connectivity index (χ2v) is 7.46. The van der Waals surface area contributed by atoms with Crippen LogP contribution in [0, 0.1) is 0 Å². The molecule has 0 radical (unpaired) electrons. The summed E-state index contributed by atoms with van der Waals surface area (Å²) in [6.07, 6.45) is 1.49. The van der Waals surface area contributed by atoms with E-state index in [9.17, 15) is 14.4 Å². The van der Waals surface area contributed by atoms with Crippen LogP contribution in [0.4, 0.5) is 4.79 Å². The number of thioether (sulfide) groups is 1. The molecule has 2 aromatic rings. The summed E-state index contributed by atoms with van der Waals surface area (Å²) in [6, 6.07) is 1.32. The SMILES string of the molecule is CCc1cc2c(=O)n(CCCOC)c(SCC(=O)NC(=O)NC)nc2s1. The lowest BCUT2D eigenvalue weighted by Crippen LogP contribution is -2.38. The Morgan fingerprint density at radius 1 is 1.42 bits per heavy atom. The zero-order valence-electron chi connectivity index (χ0n) is 15.0. The molecule has 2 N–H and O–H groups in total. The number of rotatable bonds is 8. The lowest BCUT2D eigenvalue weighted by molar-refractivity contribution is -0.117. The molecular weight excluding hydrogens is 376 g/mol. The Kier molecular flexibility index (Phi) is 7.61. The molecule has 10 heteroatoms. The number of fused-ring (bicyclic) bond motifs is 1. The van der Waals surface area contributed by atoms with Crippen LogP contribution in [-0.2, 0) is 22.5 Å². The molecule has 0 aliphatic carbocycles. The molecule has 2 heterocycles. The van der Waals surface area contributed by atoms with Gasteiger partial charge in [0.1, 0.15) is 4.83 Å². The van der Waals surface area contributed by atoms with E-state index in [2.05, 4.69) is 15.6 Å². The predicted octanol–water partition coefficient (Wildman–Crippen LogP) is 1.60. The highest BCUT2D eigenvalue weighted by atomic mass is 32.2. The molecule has 2 rings (SSSR count). The first kappa shape index (κ1) is 20.4. The van der Waals surface area contributed by atoms with Gasteiger partial charge in [-0.25, -0.2) is 9.78 Å². The predicted molar refractivity (Wildman–Crippen MR) is 103 cm³/mol. The Balaban J connectivity index is 2.29. The molecule has 8 nitrogen and oxygen atoms in total. The first-order valence-electron chi connectivity index (χ1n) is 8.16. The van der Waals surface area contributed by atoms with E-state index in [1.54, 1.807) is 11.7 Å². The summed E-state index contributed by atoms with van der Waals surface area (Å²) in [5.74, 6) is -0.464. The van der Waals surface area contributed by atoms with Gasteiger partial charge in [0.25, 0.3) is 5.56 Å². The molecule has 26 heavy (non-hydrogen) atoms. The molecule has 0 aromatic carbocycles. The maximum atomic E-state index is 12.9. The standard InChI is InChI=1S/C16H22N4O4S2/c1-4-10-8-11-13(26-10)19-16(20(14(11)22)6-5-7-24-3)25-9-12(21)18-15(23)17-2/h8H,4-7,9H2,1-3H3,(H2,17,18,21,23). The molecule has 0 saturated heterocycles. The van der Waals surface area contributed by atoms with Gasteiger partial charge in [0.2, 0.25) is 5.91 Å². The monoisotopic (exact) mass is 398 g/mol. The fraction of sp³-hybridized carbons (Fsp3) is 0.500. The second-order valence-electron chi connectivity index (χ2n) is 5.40. The number of methoxy groups -OCH3 is 1. The zero-order valence-corrected chi connectivity index (χ0v) is 16.6. The van der Waals surface area contributed by atoms with Crippen LogP contribution in [0.15, 0.2) is 16.0 Å². The molecule has 0 fully saturated rings. The quantitative estimate of drug-likeness (QED) is 0.398. The van der Waals surface area contributed by atoms with Crippen LogP contribution in [0.25, 0.3) is 10.2 Å². The second kappa shape index (κ2) is 9.70. The number of amides is 3. The molecule has 0 bridgehead atoms. The summed E-state index contributed by atoms with van der Waals surface area (Å²) in [5.41, 5.74) is -0.115. The van der Waals surface area contributed by atoms with Gasteiger partial charge in [-0.15, -0.1) is 11.3 Å². The van der Waals surface area contributed by atoms with Crippen LogP contribution in [0.1, 0.15) is 18.2 Å². The first-order chi connectivity index (χ1) is 12.5. The van der Waals surface area contributed by atoms with Gasteiger partial charge in [0.05, 0.1) is 11.1 Å². The van der Waals surface area contributed by atoms with Crippen molar-refractivity contribution < 1.29 is 14.3 Å². The van der Waals surface area contributed by atoms with Gasteiger partial charge in [-0.2, -0.15) is 0 Å². The lowest BCUT2D eigenvalue weighted by atomic mass is 10.3. The number of thiophene rings is 1. The van der Waals surface area contributed by atoms with Crippen molar-refractivity contribution >= 4 is 45.3 Å². The van der Waals surface area contributed by atoms with Gasteiger partial charge in [-0.1, -0.05) is 18.7 Å². The number of hydrogen-bond donors (Lipinski definition) is 2. The number of carbonyl (C=O) groups is 2. The van der Waals surface area contributed by atoms with Gasteiger partial charge >= 0.3 is 6.03 Å². The number of hydrogen-bond acceptors (Lipinski definition) is 7. The minimum absolute atomic E-state index is 0.0122. The number of urea groups is 1. The molecule has 2 aromatic heterocycles. The highest BCUT2D eigenvalue weighted by molar-refractivity contribution is 7.99. The van der Waals surface area contributed by atoms with Gasteiger partial charge in [0, 0.05) is 32.2 Å².